The van der Waals surface area contributed by atoms with Crippen LogP contribution in [0.25, 0.3) is 0 Å². The Morgan fingerprint density at radius 3 is 2.87 bits per heavy atom. The van der Waals surface area contributed by atoms with Crippen molar-refractivity contribution in [1.82, 2.24) is 10.2 Å². The predicted molar refractivity (Wildman–Crippen MR) is 60.6 cm³/mol. The van der Waals surface area contributed by atoms with Gasteiger partial charge in [0.1, 0.15) is 0 Å². The van der Waals surface area contributed by atoms with E-state index in [1.54, 1.807) is 0 Å². The predicted octanol–water partition coefficient (Wildman–Crippen LogP) is 1.24. The van der Waals surface area contributed by atoms with E-state index in [1.807, 2.05) is 0 Å². The summed E-state index contributed by atoms with van der Waals surface area (Å²) >= 11 is 0. The topological polar surface area (TPSA) is 32.3 Å². The normalized spacial score (nSPS) is 29.7. The Labute approximate surface area is 92.2 Å². The fourth-order valence-corrected chi connectivity index (χ4v) is 2.59. The number of nitrogens with zero attached hydrogens (tertiary/aromatic N) is 1. The van der Waals surface area contributed by atoms with E-state index in [0.29, 0.717) is 17.2 Å². The molecule has 2 aliphatic heterocycles. The first kappa shape index (κ1) is 10.9. The lowest BCUT2D eigenvalue weighted by molar-refractivity contribution is -0.131. The van der Waals surface area contributed by atoms with Gasteiger partial charge in [0, 0.05) is 19.5 Å². The largest absolute Gasteiger partial charge is 0.342 e. The molecule has 2 aliphatic rings. The van der Waals surface area contributed by atoms with Crippen LogP contribution in [0.3, 0.4) is 0 Å². The van der Waals surface area contributed by atoms with Gasteiger partial charge in [-0.3, -0.25) is 4.79 Å². The van der Waals surface area contributed by atoms with E-state index < -0.39 is 0 Å². The van der Waals surface area contributed by atoms with Gasteiger partial charge in [0.15, 0.2) is 0 Å². The Balaban J connectivity index is 1.81. The van der Waals surface area contributed by atoms with Crippen molar-refractivity contribution in [2.45, 2.75) is 33.1 Å². The van der Waals surface area contributed by atoms with Crippen molar-refractivity contribution >= 4 is 5.91 Å². The maximum atomic E-state index is 12.0. The molecule has 0 saturated carbocycles. The van der Waals surface area contributed by atoms with E-state index in [1.165, 1.54) is 6.42 Å². The Bertz CT molecular complexity index is 244. The monoisotopic (exact) mass is 210 g/mol. The third-order valence-corrected chi connectivity index (χ3v) is 3.66. The third kappa shape index (κ3) is 2.71. The van der Waals surface area contributed by atoms with Gasteiger partial charge in [0.2, 0.25) is 5.91 Å². The lowest BCUT2D eigenvalue weighted by atomic mass is 9.93. The molecular formula is C12H22N2O. The molecule has 2 rings (SSSR count). The van der Waals surface area contributed by atoms with E-state index in [0.717, 1.165) is 39.0 Å². The standard InChI is InChI=1S/C12H22N2O/c1-12(2)4-6-14(9-12)11(15)7-10-3-5-13-8-10/h10,13H,3-9H2,1-2H3. The fraction of sp³-hybridized carbons (Fsp3) is 0.917. The molecule has 0 spiro atoms. The minimum atomic E-state index is 0.337. The van der Waals surface area contributed by atoms with Gasteiger partial charge < -0.3 is 10.2 Å². The SMILES string of the molecule is CC1(C)CCN(C(=O)CC2CCNC2)C1. The molecule has 3 nitrogen and oxygen atoms in total. The zero-order valence-electron chi connectivity index (χ0n) is 9.88. The van der Waals surface area contributed by atoms with Gasteiger partial charge >= 0.3 is 0 Å². The van der Waals surface area contributed by atoms with Crippen LogP contribution < -0.4 is 5.32 Å². The number of likely N-dealkylation sites (tertiary alicyclic amines) is 1. The smallest absolute Gasteiger partial charge is 0.222 e. The highest BCUT2D eigenvalue weighted by Gasteiger charge is 2.32. The first-order valence-electron chi connectivity index (χ1n) is 6.05. The van der Waals surface area contributed by atoms with Crippen molar-refractivity contribution in [2.75, 3.05) is 26.2 Å². The summed E-state index contributed by atoms with van der Waals surface area (Å²) in [5, 5.41) is 3.31. The highest BCUT2D eigenvalue weighted by molar-refractivity contribution is 5.76. The van der Waals surface area contributed by atoms with Gasteiger partial charge in [-0.25, -0.2) is 0 Å². The van der Waals surface area contributed by atoms with Crippen LogP contribution in [-0.4, -0.2) is 37.0 Å². The van der Waals surface area contributed by atoms with Crippen LogP contribution in [0.4, 0.5) is 0 Å². The van der Waals surface area contributed by atoms with Gasteiger partial charge in [-0.05, 0) is 37.3 Å². The minimum absolute atomic E-state index is 0.337. The van der Waals surface area contributed by atoms with Crippen molar-refractivity contribution < 1.29 is 4.79 Å². The zero-order valence-corrected chi connectivity index (χ0v) is 9.88. The Morgan fingerprint density at radius 2 is 2.33 bits per heavy atom. The lowest BCUT2D eigenvalue weighted by Gasteiger charge is -2.21. The third-order valence-electron chi connectivity index (χ3n) is 3.66. The minimum Gasteiger partial charge on any atom is -0.342 e. The first-order valence-corrected chi connectivity index (χ1v) is 6.05. The molecule has 0 aromatic rings. The summed E-state index contributed by atoms with van der Waals surface area (Å²) in [4.78, 5) is 14.0. The molecule has 2 heterocycles. The van der Waals surface area contributed by atoms with Gasteiger partial charge in [-0.2, -0.15) is 0 Å². The van der Waals surface area contributed by atoms with Crippen molar-refractivity contribution in [3.05, 3.63) is 0 Å². The highest BCUT2D eigenvalue weighted by atomic mass is 16.2. The van der Waals surface area contributed by atoms with Crippen LogP contribution in [0.15, 0.2) is 0 Å². The summed E-state index contributed by atoms with van der Waals surface area (Å²) in [6.45, 7) is 8.53. The zero-order chi connectivity index (χ0) is 10.9. The molecule has 0 bridgehead atoms. The lowest BCUT2D eigenvalue weighted by Crippen LogP contribution is -2.31. The summed E-state index contributed by atoms with van der Waals surface area (Å²) in [5.41, 5.74) is 0.337. The average Bonchev–Trinajstić information content (AvgIpc) is 2.74. The second kappa shape index (κ2) is 4.12. The van der Waals surface area contributed by atoms with Crippen molar-refractivity contribution in [1.29, 1.82) is 0 Å². The van der Waals surface area contributed by atoms with Gasteiger partial charge in [0.25, 0.3) is 0 Å². The summed E-state index contributed by atoms with van der Waals surface area (Å²) in [7, 11) is 0. The summed E-state index contributed by atoms with van der Waals surface area (Å²) in [5.74, 6) is 0.954. The van der Waals surface area contributed by atoms with Gasteiger partial charge in [-0.1, -0.05) is 13.8 Å². The quantitative estimate of drug-likeness (QED) is 0.744. The first-order chi connectivity index (χ1) is 7.07. The van der Waals surface area contributed by atoms with Gasteiger partial charge in [-0.15, -0.1) is 0 Å². The summed E-state index contributed by atoms with van der Waals surface area (Å²) in [6.07, 6.45) is 3.08. The molecule has 1 atom stereocenters. The highest BCUT2D eigenvalue weighted by Crippen LogP contribution is 2.29. The maximum absolute atomic E-state index is 12.0. The number of hydrogen-bond acceptors (Lipinski definition) is 2. The number of amides is 1. The van der Waals surface area contributed by atoms with E-state index in [2.05, 4.69) is 24.1 Å². The number of nitrogens with one attached hydrogen (secondary N) is 1. The number of carbonyl (C=O) groups is 1. The number of rotatable bonds is 2. The van der Waals surface area contributed by atoms with Crippen LogP contribution in [-0.2, 0) is 4.79 Å². The number of carbonyl (C=O) groups excluding carboxylic acids is 1. The van der Waals surface area contributed by atoms with Crippen molar-refractivity contribution in [3.8, 4) is 0 Å². The van der Waals surface area contributed by atoms with E-state index in [-0.39, 0.29) is 0 Å². The van der Waals surface area contributed by atoms with Crippen LogP contribution in [0, 0.1) is 11.3 Å². The van der Waals surface area contributed by atoms with Crippen molar-refractivity contribution in [2.24, 2.45) is 11.3 Å². The summed E-state index contributed by atoms with van der Waals surface area (Å²) < 4.78 is 0. The second-order valence-corrected chi connectivity index (χ2v) is 5.79. The Hall–Kier alpha value is -0.570. The van der Waals surface area contributed by atoms with E-state index >= 15 is 0 Å². The molecule has 2 fully saturated rings. The molecule has 1 N–H and O–H groups in total. The fourth-order valence-electron chi connectivity index (χ4n) is 2.59. The molecular weight excluding hydrogens is 188 g/mol. The molecule has 1 unspecified atom stereocenters. The van der Waals surface area contributed by atoms with E-state index in [9.17, 15) is 4.79 Å². The van der Waals surface area contributed by atoms with Gasteiger partial charge in [0.05, 0.1) is 0 Å². The number of hydrogen-bond donors (Lipinski definition) is 1. The van der Waals surface area contributed by atoms with Crippen LogP contribution in [0.2, 0.25) is 0 Å². The molecule has 0 radical (unpaired) electrons. The maximum Gasteiger partial charge on any atom is 0.222 e. The molecule has 0 aromatic carbocycles. The molecule has 2 saturated heterocycles. The second-order valence-electron chi connectivity index (χ2n) is 5.79. The van der Waals surface area contributed by atoms with E-state index in [4.69, 9.17) is 0 Å². The Morgan fingerprint density at radius 1 is 1.53 bits per heavy atom. The Kier molecular flexibility index (Phi) is 3.01. The average molecular weight is 210 g/mol. The van der Waals surface area contributed by atoms with Crippen LogP contribution in [0.1, 0.15) is 33.1 Å². The molecule has 0 aliphatic carbocycles. The van der Waals surface area contributed by atoms with Crippen LogP contribution >= 0.6 is 0 Å². The molecule has 86 valence electrons. The van der Waals surface area contributed by atoms with Crippen LogP contribution in [0.5, 0.6) is 0 Å². The molecule has 15 heavy (non-hydrogen) atoms. The molecule has 0 aromatic heterocycles. The summed E-state index contributed by atoms with van der Waals surface area (Å²) in [6, 6.07) is 0. The molecule has 3 heteroatoms. The molecule has 1 amide bonds. The van der Waals surface area contributed by atoms with Crippen molar-refractivity contribution in [3.63, 3.8) is 0 Å².